The first-order chi connectivity index (χ1) is 11.9. The summed E-state index contributed by atoms with van der Waals surface area (Å²) in [6.45, 7) is 0.919. The number of urea groups is 1. The van der Waals surface area contributed by atoms with Crippen LogP contribution in [0.25, 0.3) is 0 Å². The molecular weight excluding hydrogens is 365 g/mol. The summed E-state index contributed by atoms with van der Waals surface area (Å²) in [6, 6.07) is 4.89. The lowest BCUT2D eigenvalue weighted by molar-refractivity contribution is -0.139. The fourth-order valence-corrected chi connectivity index (χ4v) is 3.38. The Morgan fingerprint density at radius 3 is 2.52 bits per heavy atom. The fourth-order valence-electron chi connectivity index (χ4n) is 3.08. The van der Waals surface area contributed by atoms with Crippen LogP contribution in [0.15, 0.2) is 18.2 Å². The van der Waals surface area contributed by atoms with Crippen molar-refractivity contribution in [2.45, 2.75) is 37.8 Å². The van der Waals surface area contributed by atoms with Crippen molar-refractivity contribution in [2.24, 2.45) is 5.92 Å². The molecule has 25 heavy (non-hydrogen) atoms. The molecule has 0 bridgehead atoms. The van der Waals surface area contributed by atoms with Gasteiger partial charge in [-0.15, -0.1) is 0 Å². The Kier molecular flexibility index (Phi) is 5.71. The second kappa shape index (κ2) is 7.81. The van der Waals surface area contributed by atoms with Gasteiger partial charge in [-0.05, 0) is 49.8 Å². The minimum atomic E-state index is -0.797. The number of benzene rings is 1. The van der Waals surface area contributed by atoms with Gasteiger partial charge in [0.1, 0.15) is 0 Å². The Morgan fingerprint density at radius 1 is 1.20 bits per heavy atom. The average Bonchev–Trinajstić information content (AvgIpc) is 3.29. The molecule has 8 heteroatoms. The molecule has 0 saturated heterocycles. The maximum absolute atomic E-state index is 12.0. The fraction of sp³-hybridized carbons (Fsp3) is 0.529. The molecule has 0 atom stereocenters. The molecular formula is C17H21Cl2N3O3. The van der Waals surface area contributed by atoms with Crippen molar-refractivity contribution in [1.82, 2.24) is 10.2 Å². The topological polar surface area (TPSA) is 81.7 Å². The first-order valence-corrected chi connectivity index (χ1v) is 9.14. The molecule has 0 aliphatic heterocycles. The van der Waals surface area contributed by atoms with Crippen molar-refractivity contribution in [3.05, 3.63) is 28.2 Å². The van der Waals surface area contributed by atoms with Crippen LogP contribution in [0.5, 0.6) is 0 Å². The van der Waals surface area contributed by atoms with Crippen LogP contribution < -0.4 is 10.6 Å². The third-order valence-corrected chi connectivity index (χ3v) is 5.41. The summed E-state index contributed by atoms with van der Waals surface area (Å²) in [5.41, 5.74) is 0.573. The van der Waals surface area contributed by atoms with E-state index < -0.39 is 5.97 Å². The average molecular weight is 386 g/mol. The molecule has 0 radical (unpaired) electrons. The predicted octanol–water partition coefficient (Wildman–Crippen LogP) is 3.44. The number of carboxylic acids is 1. The highest BCUT2D eigenvalue weighted by Gasteiger charge is 2.37. The van der Waals surface area contributed by atoms with E-state index in [4.69, 9.17) is 28.3 Å². The lowest BCUT2D eigenvalue weighted by Gasteiger charge is -2.42. The SMILES string of the molecule is O=C(O)CN(CC1CC1)C1CC(NC(=O)Nc2ccc(Cl)c(Cl)c2)C1. The molecule has 6 nitrogen and oxygen atoms in total. The van der Waals surface area contributed by atoms with Crippen molar-refractivity contribution in [2.75, 3.05) is 18.4 Å². The normalized spacial score (nSPS) is 22.4. The Hall–Kier alpha value is -1.50. The quantitative estimate of drug-likeness (QED) is 0.671. The summed E-state index contributed by atoms with van der Waals surface area (Å²) in [4.78, 5) is 25.1. The van der Waals surface area contributed by atoms with Crippen LogP contribution in [0.4, 0.5) is 10.5 Å². The Bertz CT molecular complexity index is 661. The second-order valence-corrected chi connectivity index (χ2v) is 7.63. The van der Waals surface area contributed by atoms with Gasteiger partial charge in [0.2, 0.25) is 0 Å². The highest BCUT2D eigenvalue weighted by molar-refractivity contribution is 6.42. The van der Waals surface area contributed by atoms with E-state index in [9.17, 15) is 9.59 Å². The van der Waals surface area contributed by atoms with E-state index in [1.54, 1.807) is 18.2 Å². The summed E-state index contributed by atoms with van der Waals surface area (Å²) in [5, 5.41) is 15.5. The van der Waals surface area contributed by atoms with Gasteiger partial charge >= 0.3 is 12.0 Å². The lowest BCUT2D eigenvalue weighted by atomic mass is 9.85. The van der Waals surface area contributed by atoms with Crippen molar-refractivity contribution >= 4 is 40.9 Å². The van der Waals surface area contributed by atoms with E-state index >= 15 is 0 Å². The summed E-state index contributed by atoms with van der Waals surface area (Å²) in [5.74, 6) is -0.154. The number of hydrogen-bond acceptors (Lipinski definition) is 3. The van der Waals surface area contributed by atoms with E-state index in [0.717, 1.165) is 19.4 Å². The maximum Gasteiger partial charge on any atom is 0.319 e. The van der Waals surface area contributed by atoms with Crippen LogP contribution in [0.1, 0.15) is 25.7 Å². The number of nitrogens with one attached hydrogen (secondary N) is 2. The van der Waals surface area contributed by atoms with E-state index in [1.807, 2.05) is 4.90 Å². The zero-order valence-electron chi connectivity index (χ0n) is 13.7. The van der Waals surface area contributed by atoms with E-state index in [1.165, 1.54) is 12.8 Å². The third kappa shape index (κ3) is 5.23. The molecule has 3 rings (SSSR count). The van der Waals surface area contributed by atoms with Gasteiger partial charge in [-0.25, -0.2) is 4.79 Å². The van der Waals surface area contributed by atoms with Gasteiger partial charge < -0.3 is 15.7 Å². The zero-order valence-corrected chi connectivity index (χ0v) is 15.2. The van der Waals surface area contributed by atoms with E-state index in [-0.39, 0.29) is 24.7 Å². The molecule has 0 unspecified atom stereocenters. The van der Waals surface area contributed by atoms with Crippen molar-refractivity contribution in [1.29, 1.82) is 0 Å². The summed E-state index contributed by atoms with van der Waals surface area (Å²) >= 11 is 11.8. The summed E-state index contributed by atoms with van der Waals surface area (Å²) in [7, 11) is 0. The van der Waals surface area contributed by atoms with Gasteiger partial charge in [-0.3, -0.25) is 9.69 Å². The minimum absolute atomic E-state index is 0.0586. The van der Waals surface area contributed by atoms with Gasteiger partial charge in [0.15, 0.2) is 0 Å². The molecule has 136 valence electrons. The van der Waals surface area contributed by atoms with Crippen molar-refractivity contribution < 1.29 is 14.7 Å². The van der Waals surface area contributed by atoms with Crippen molar-refractivity contribution in [3.8, 4) is 0 Å². The van der Waals surface area contributed by atoms with Crippen molar-refractivity contribution in [3.63, 3.8) is 0 Å². The molecule has 2 aliphatic rings. The van der Waals surface area contributed by atoms with Gasteiger partial charge in [0.25, 0.3) is 0 Å². The molecule has 0 aromatic heterocycles. The summed E-state index contributed by atoms with van der Waals surface area (Å²) < 4.78 is 0. The monoisotopic (exact) mass is 385 g/mol. The molecule has 1 aromatic carbocycles. The second-order valence-electron chi connectivity index (χ2n) is 6.82. The van der Waals surface area contributed by atoms with Crippen LogP contribution in [-0.4, -0.2) is 47.2 Å². The lowest BCUT2D eigenvalue weighted by Crippen LogP contribution is -2.55. The number of carbonyl (C=O) groups is 2. The maximum atomic E-state index is 12.0. The molecule has 2 fully saturated rings. The molecule has 3 N–H and O–H groups in total. The smallest absolute Gasteiger partial charge is 0.319 e. The molecule has 1 aromatic rings. The summed E-state index contributed by atoms with van der Waals surface area (Å²) in [6.07, 6.45) is 3.93. The highest BCUT2D eigenvalue weighted by atomic mass is 35.5. The van der Waals surface area contributed by atoms with Gasteiger partial charge in [0.05, 0.1) is 16.6 Å². The standard InChI is InChI=1S/C17H21Cl2N3O3/c18-14-4-3-11(7-15(14)19)20-17(25)21-12-5-13(6-12)22(9-16(23)24)8-10-1-2-10/h3-4,7,10,12-13H,1-2,5-6,8-9H2,(H,23,24)(H2,20,21,25). The first kappa shape index (κ1) is 18.3. The molecule has 0 heterocycles. The number of amides is 2. The number of hydrogen-bond donors (Lipinski definition) is 3. The van der Waals surface area contributed by atoms with E-state index in [0.29, 0.717) is 21.7 Å². The van der Waals surface area contributed by atoms with Gasteiger partial charge in [-0.2, -0.15) is 0 Å². The number of rotatable bonds is 7. The number of carboxylic acid groups (broad SMARTS) is 1. The number of nitrogens with zero attached hydrogens (tertiary/aromatic N) is 1. The number of aliphatic carboxylic acids is 1. The highest BCUT2D eigenvalue weighted by Crippen LogP contribution is 2.33. The zero-order chi connectivity index (χ0) is 18.0. The van der Waals surface area contributed by atoms with Crippen LogP contribution in [-0.2, 0) is 4.79 Å². The third-order valence-electron chi connectivity index (χ3n) is 4.67. The first-order valence-electron chi connectivity index (χ1n) is 8.39. The van der Waals surface area contributed by atoms with Crippen LogP contribution >= 0.6 is 23.2 Å². The van der Waals surface area contributed by atoms with Crippen LogP contribution in [0, 0.1) is 5.92 Å². The largest absolute Gasteiger partial charge is 0.480 e. The molecule has 2 saturated carbocycles. The van der Waals surface area contributed by atoms with Crippen LogP contribution in [0.3, 0.4) is 0 Å². The minimum Gasteiger partial charge on any atom is -0.480 e. The molecule has 0 spiro atoms. The van der Waals surface area contributed by atoms with Gasteiger partial charge in [0, 0.05) is 24.3 Å². The predicted molar refractivity (Wildman–Crippen MR) is 97.4 cm³/mol. The Morgan fingerprint density at radius 2 is 1.92 bits per heavy atom. The van der Waals surface area contributed by atoms with E-state index in [2.05, 4.69) is 10.6 Å². The molecule has 2 aliphatic carbocycles. The molecule has 2 amide bonds. The Balaban J connectivity index is 1.44. The number of halogens is 2. The number of anilines is 1. The van der Waals surface area contributed by atoms with Gasteiger partial charge in [-0.1, -0.05) is 23.2 Å². The number of carbonyl (C=O) groups excluding carboxylic acids is 1. The van der Waals surface area contributed by atoms with Crippen LogP contribution in [0.2, 0.25) is 10.0 Å². The Labute approximate surface area is 156 Å².